The van der Waals surface area contributed by atoms with Gasteiger partial charge in [0.05, 0.1) is 11.5 Å². The SMILES string of the molecule is O=C(NC1CCSc2ccc(F)cc21)C1(c2ccccc2)CC1. The fraction of sp³-hybridized carbons (Fsp3) is 0.316. The lowest BCUT2D eigenvalue weighted by atomic mass is 9.93. The van der Waals surface area contributed by atoms with Gasteiger partial charge in [-0.05, 0) is 48.6 Å². The van der Waals surface area contributed by atoms with Crippen LogP contribution >= 0.6 is 11.8 Å². The quantitative estimate of drug-likeness (QED) is 0.915. The van der Waals surface area contributed by atoms with Crippen LogP contribution in [0.2, 0.25) is 0 Å². The van der Waals surface area contributed by atoms with E-state index < -0.39 is 0 Å². The summed E-state index contributed by atoms with van der Waals surface area (Å²) in [5, 5.41) is 3.18. The minimum Gasteiger partial charge on any atom is -0.348 e. The number of nitrogens with one attached hydrogen (secondary N) is 1. The van der Waals surface area contributed by atoms with E-state index in [4.69, 9.17) is 0 Å². The molecule has 0 bridgehead atoms. The van der Waals surface area contributed by atoms with Crippen molar-refractivity contribution < 1.29 is 9.18 Å². The van der Waals surface area contributed by atoms with Gasteiger partial charge in [-0.2, -0.15) is 0 Å². The lowest BCUT2D eigenvalue weighted by molar-refractivity contribution is -0.124. The summed E-state index contributed by atoms with van der Waals surface area (Å²) in [4.78, 5) is 14.0. The Morgan fingerprint density at radius 1 is 1.17 bits per heavy atom. The normalized spacial score (nSPS) is 21.3. The van der Waals surface area contributed by atoms with E-state index in [1.54, 1.807) is 17.8 Å². The van der Waals surface area contributed by atoms with E-state index in [2.05, 4.69) is 5.32 Å². The van der Waals surface area contributed by atoms with Crippen molar-refractivity contribution in [2.75, 3.05) is 5.75 Å². The van der Waals surface area contributed by atoms with E-state index in [0.717, 1.165) is 41.0 Å². The molecule has 1 unspecified atom stereocenters. The van der Waals surface area contributed by atoms with Crippen molar-refractivity contribution in [2.45, 2.75) is 35.6 Å². The fourth-order valence-electron chi connectivity index (χ4n) is 3.34. The molecule has 4 heteroatoms. The van der Waals surface area contributed by atoms with Gasteiger partial charge in [0.15, 0.2) is 0 Å². The number of halogens is 1. The Bertz CT molecular complexity index is 742. The molecule has 1 saturated carbocycles. The first kappa shape index (κ1) is 14.8. The monoisotopic (exact) mass is 327 g/mol. The first-order valence-electron chi connectivity index (χ1n) is 7.98. The molecular weight excluding hydrogens is 309 g/mol. The van der Waals surface area contributed by atoms with Gasteiger partial charge in [-0.15, -0.1) is 11.8 Å². The van der Waals surface area contributed by atoms with Crippen molar-refractivity contribution in [3.05, 3.63) is 65.5 Å². The molecule has 1 fully saturated rings. The average molecular weight is 327 g/mol. The fourth-order valence-corrected chi connectivity index (χ4v) is 4.45. The summed E-state index contributed by atoms with van der Waals surface area (Å²) in [6.45, 7) is 0. The van der Waals surface area contributed by atoms with Crippen LogP contribution in [0, 0.1) is 5.82 Å². The van der Waals surface area contributed by atoms with Crippen LogP contribution in [0.4, 0.5) is 4.39 Å². The Labute approximate surface area is 139 Å². The highest BCUT2D eigenvalue weighted by Gasteiger charge is 2.51. The van der Waals surface area contributed by atoms with Crippen molar-refractivity contribution in [1.29, 1.82) is 0 Å². The highest BCUT2D eigenvalue weighted by atomic mass is 32.2. The molecule has 1 N–H and O–H groups in total. The number of fused-ring (bicyclic) bond motifs is 1. The van der Waals surface area contributed by atoms with Gasteiger partial charge in [0.1, 0.15) is 5.82 Å². The third kappa shape index (κ3) is 2.65. The maximum absolute atomic E-state index is 13.6. The third-order valence-corrected chi connectivity index (χ3v) is 5.95. The number of carbonyl (C=O) groups is 1. The molecule has 1 heterocycles. The van der Waals surface area contributed by atoms with Crippen molar-refractivity contribution in [2.24, 2.45) is 0 Å². The number of amides is 1. The lowest BCUT2D eigenvalue weighted by Crippen LogP contribution is -2.38. The smallest absolute Gasteiger partial charge is 0.231 e. The molecule has 1 amide bonds. The van der Waals surface area contributed by atoms with Gasteiger partial charge in [0.25, 0.3) is 0 Å². The van der Waals surface area contributed by atoms with Crippen molar-refractivity contribution in [3.8, 4) is 0 Å². The molecule has 2 aromatic carbocycles. The van der Waals surface area contributed by atoms with E-state index in [9.17, 15) is 9.18 Å². The Morgan fingerprint density at radius 3 is 2.70 bits per heavy atom. The molecule has 23 heavy (non-hydrogen) atoms. The van der Waals surface area contributed by atoms with Crippen molar-refractivity contribution in [3.63, 3.8) is 0 Å². The van der Waals surface area contributed by atoms with Crippen LogP contribution in [-0.2, 0) is 10.2 Å². The van der Waals surface area contributed by atoms with Crippen molar-refractivity contribution >= 4 is 17.7 Å². The predicted molar refractivity (Wildman–Crippen MR) is 90.0 cm³/mol. The first-order valence-corrected chi connectivity index (χ1v) is 8.96. The average Bonchev–Trinajstić information content (AvgIpc) is 3.38. The Hall–Kier alpha value is -1.81. The van der Waals surface area contributed by atoms with E-state index in [0.29, 0.717) is 0 Å². The maximum Gasteiger partial charge on any atom is 0.231 e. The van der Waals surface area contributed by atoms with Crippen LogP contribution in [0.25, 0.3) is 0 Å². The summed E-state index contributed by atoms with van der Waals surface area (Å²) in [6, 6.07) is 14.8. The second-order valence-electron chi connectivity index (χ2n) is 6.29. The maximum atomic E-state index is 13.6. The van der Waals surface area contributed by atoms with E-state index in [1.807, 2.05) is 36.4 Å². The van der Waals surface area contributed by atoms with E-state index in [-0.39, 0.29) is 23.2 Å². The zero-order valence-corrected chi connectivity index (χ0v) is 13.5. The molecule has 0 radical (unpaired) electrons. The summed E-state index contributed by atoms with van der Waals surface area (Å²) in [6.07, 6.45) is 2.62. The largest absolute Gasteiger partial charge is 0.348 e. The summed E-state index contributed by atoms with van der Waals surface area (Å²) in [7, 11) is 0. The minimum absolute atomic E-state index is 0.0795. The van der Waals surface area contributed by atoms with Crippen LogP contribution in [-0.4, -0.2) is 11.7 Å². The number of benzene rings is 2. The molecule has 1 aliphatic heterocycles. The molecule has 4 rings (SSSR count). The number of rotatable bonds is 3. The topological polar surface area (TPSA) is 29.1 Å². The molecule has 0 spiro atoms. The molecule has 2 aromatic rings. The van der Waals surface area contributed by atoms with Crippen LogP contribution in [0.3, 0.4) is 0 Å². The molecular formula is C19H18FNOS. The molecule has 2 aliphatic rings. The van der Waals surface area contributed by atoms with Gasteiger partial charge in [-0.25, -0.2) is 4.39 Å². The zero-order chi connectivity index (χ0) is 15.9. The lowest BCUT2D eigenvalue weighted by Gasteiger charge is -2.28. The van der Waals surface area contributed by atoms with Crippen LogP contribution in [0.1, 0.15) is 36.4 Å². The van der Waals surface area contributed by atoms with Crippen LogP contribution in [0.5, 0.6) is 0 Å². The molecule has 0 saturated heterocycles. The third-order valence-electron chi connectivity index (χ3n) is 4.83. The molecule has 0 aromatic heterocycles. The Morgan fingerprint density at radius 2 is 1.96 bits per heavy atom. The first-order chi connectivity index (χ1) is 11.2. The zero-order valence-electron chi connectivity index (χ0n) is 12.7. The summed E-state index contributed by atoms with van der Waals surface area (Å²) in [5.41, 5.74) is 1.62. The van der Waals surface area contributed by atoms with E-state index >= 15 is 0 Å². The summed E-state index contributed by atoms with van der Waals surface area (Å²) in [5.74, 6) is 0.785. The van der Waals surface area contributed by atoms with Crippen molar-refractivity contribution in [1.82, 2.24) is 5.32 Å². The second kappa shape index (κ2) is 5.68. The number of hydrogen-bond donors (Lipinski definition) is 1. The molecule has 1 atom stereocenters. The van der Waals surface area contributed by atoms with Gasteiger partial charge < -0.3 is 5.32 Å². The number of carbonyl (C=O) groups excluding carboxylic acids is 1. The van der Waals surface area contributed by atoms with E-state index in [1.165, 1.54) is 6.07 Å². The summed E-state index contributed by atoms with van der Waals surface area (Å²) < 4.78 is 13.6. The highest BCUT2D eigenvalue weighted by Crippen LogP contribution is 2.49. The van der Waals surface area contributed by atoms with Gasteiger partial charge >= 0.3 is 0 Å². The molecule has 118 valence electrons. The van der Waals surface area contributed by atoms with Gasteiger partial charge in [0, 0.05) is 10.6 Å². The predicted octanol–water partition coefficient (Wildman–Crippen LogP) is 4.21. The van der Waals surface area contributed by atoms with Crippen LogP contribution < -0.4 is 5.32 Å². The highest BCUT2D eigenvalue weighted by molar-refractivity contribution is 7.99. The Balaban J connectivity index is 1.58. The van der Waals surface area contributed by atoms with Gasteiger partial charge in [-0.1, -0.05) is 30.3 Å². The minimum atomic E-state index is -0.376. The van der Waals surface area contributed by atoms with Gasteiger partial charge in [0.2, 0.25) is 5.91 Å². The molecule has 1 aliphatic carbocycles. The summed E-state index contributed by atoms with van der Waals surface area (Å²) >= 11 is 1.73. The standard InChI is InChI=1S/C19H18FNOS/c20-14-6-7-17-15(12-14)16(8-11-23-17)21-18(22)19(9-10-19)13-4-2-1-3-5-13/h1-7,12,16H,8-11H2,(H,21,22). The molecule has 2 nitrogen and oxygen atoms in total. The number of thioether (sulfide) groups is 1. The number of hydrogen-bond acceptors (Lipinski definition) is 2. The second-order valence-corrected chi connectivity index (χ2v) is 7.43. The Kier molecular flexibility index (Phi) is 3.64. The van der Waals surface area contributed by atoms with Gasteiger partial charge in [-0.3, -0.25) is 4.79 Å². The van der Waals surface area contributed by atoms with Crippen LogP contribution in [0.15, 0.2) is 53.4 Å².